The summed E-state index contributed by atoms with van der Waals surface area (Å²) in [6.45, 7) is 0. The molecule has 20 heavy (non-hydrogen) atoms. The average molecular weight is 284 g/mol. The molecule has 3 rings (SSSR count). The molecule has 1 aromatic heterocycles. The summed E-state index contributed by atoms with van der Waals surface area (Å²) in [5.74, 6) is 6.01. The summed E-state index contributed by atoms with van der Waals surface area (Å²) in [6, 6.07) is 9.96. The predicted molar refractivity (Wildman–Crippen MR) is 80.0 cm³/mol. The summed E-state index contributed by atoms with van der Waals surface area (Å²) < 4.78 is 1.09. The van der Waals surface area contributed by atoms with E-state index >= 15 is 0 Å². The number of para-hydroxylation sites is 1. The van der Waals surface area contributed by atoms with Crippen LogP contribution >= 0.6 is 11.3 Å². The lowest BCUT2D eigenvalue weighted by Crippen LogP contribution is -2.50. The quantitative estimate of drug-likeness (QED) is 0.647. The SMILES string of the molecule is N#CCC1C=CN=C(NN)N1c1nc2ccccc2s1. The average Bonchev–Trinajstić information content (AvgIpc) is 2.90. The largest absolute Gasteiger partial charge is 0.294 e. The fourth-order valence-electron chi connectivity index (χ4n) is 2.07. The zero-order valence-corrected chi connectivity index (χ0v) is 11.3. The molecule has 3 N–H and O–H groups in total. The van der Waals surface area contributed by atoms with Crippen molar-refractivity contribution in [3.8, 4) is 6.07 Å². The monoisotopic (exact) mass is 284 g/mol. The van der Waals surface area contributed by atoms with Gasteiger partial charge in [0, 0.05) is 6.20 Å². The van der Waals surface area contributed by atoms with Crippen LogP contribution in [0.2, 0.25) is 0 Å². The van der Waals surface area contributed by atoms with Gasteiger partial charge in [-0.2, -0.15) is 5.26 Å². The number of rotatable bonds is 2. The molecular weight excluding hydrogens is 272 g/mol. The Morgan fingerprint density at radius 3 is 3.05 bits per heavy atom. The number of fused-ring (bicyclic) bond motifs is 1. The lowest BCUT2D eigenvalue weighted by Gasteiger charge is -2.30. The molecule has 6 nitrogen and oxygen atoms in total. The van der Waals surface area contributed by atoms with Gasteiger partial charge < -0.3 is 0 Å². The molecular formula is C13H12N6S. The Labute approximate surface area is 119 Å². The number of aromatic nitrogens is 1. The number of benzene rings is 1. The van der Waals surface area contributed by atoms with E-state index in [0.717, 1.165) is 15.3 Å². The van der Waals surface area contributed by atoms with E-state index in [0.29, 0.717) is 12.4 Å². The van der Waals surface area contributed by atoms with Gasteiger partial charge in [0.15, 0.2) is 5.13 Å². The van der Waals surface area contributed by atoms with Crippen molar-refractivity contribution in [2.75, 3.05) is 4.90 Å². The lowest BCUT2D eigenvalue weighted by molar-refractivity contribution is 0.773. The highest BCUT2D eigenvalue weighted by Crippen LogP contribution is 2.31. The Hall–Kier alpha value is -2.43. The molecule has 0 radical (unpaired) electrons. The number of nitrogens with two attached hydrogens (primary N) is 1. The summed E-state index contributed by atoms with van der Waals surface area (Å²) in [7, 11) is 0. The van der Waals surface area contributed by atoms with Crippen LogP contribution in [0.25, 0.3) is 10.2 Å². The minimum atomic E-state index is -0.121. The molecule has 1 aromatic carbocycles. The lowest BCUT2D eigenvalue weighted by atomic mass is 10.2. The van der Waals surface area contributed by atoms with E-state index in [1.54, 1.807) is 17.5 Å². The van der Waals surface area contributed by atoms with E-state index in [9.17, 15) is 0 Å². The minimum absolute atomic E-state index is 0.121. The van der Waals surface area contributed by atoms with E-state index in [4.69, 9.17) is 11.1 Å². The number of hydrazine groups is 1. The number of guanidine groups is 1. The van der Waals surface area contributed by atoms with Crippen molar-refractivity contribution < 1.29 is 0 Å². The molecule has 0 aliphatic carbocycles. The highest BCUT2D eigenvalue weighted by atomic mass is 32.1. The number of nitrogens with zero attached hydrogens (tertiary/aromatic N) is 4. The Morgan fingerprint density at radius 2 is 2.30 bits per heavy atom. The molecule has 100 valence electrons. The first kappa shape index (κ1) is 12.6. The van der Waals surface area contributed by atoms with Crippen LogP contribution in [0.15, 0.2) is 41.5 Å². The summed E-state index contributed by atoms with van der Waals surface area (Å²) >= 11 is 1.55. The standard InChI is InChI=1S/C13H12N6S/c14-7-5-9-6-8-16-12(18-15)19(9)13-17-10-3-1-2-4-11(10)20-13/h1-4,6,8-9H,5,15H2,(H,16,18). The van der Waals surface area contributed by atoms with Gasteiger partial charge in [0.2, 0.25) is 5.96 Å². The van der Waals surface area contributed by atoms with Gasteiger partial charge in [-0.1, -0.05) is 23.5 Å². The Bertz CT molecular complexity index is 693. The van der Waals surface area contributed by atoms with Crippen LogP contribution in [0.1, 0.15) is 6.42 Å². The third-order valence-corrected chi connectivity index (χ3v) is 4.02. The maximum atomic E-state index is 8.96. The van der Waals surface area contributed by atoms with Crippen molar-refractivity contribution in [3.05, 3.63) is 36.5 Å². The van der Waals surface area contributed by atoms with Crippen molar-refractivity contribution in [1.29, 1.82) is 5.26 Å². The second-order valence-electron chi connectivity index (χ2n) is 4.20. The smallest absolute Gasteiger partial charge is 0.220 e. The van der Waals surface area contributed by atoms with Crippen LogP contribution in [0.4, 0.5) is 5.13 Å². The Balaban J connectivity index is 2.06. The maximum Gasteiger partial charge on any atom is 0.220 e. The third-order valence-electron chi connectivity index (χ3n) is 2.98. The van der Waals surface area contributed by atoms with Gasteiger partial charge in [0.25, 0.3) is 0 Å². The second-order valence-corrected chi connectivity index (χ2v) is 5.21. The van der Waals surface area contributed by atoms with Gasteiger partial charge in [-0.05, 0) is 18.2 Å². The van der Waals surface area contributed by atoms with Gasteiger partial charge in [0.05, 0.1) is 28.7 Å². The summed E-state index contributed by atoms with van der Waals surface area (Å²) in [4.78, 5) is 10.6. The molecule has 0 saturated heterocycles. The van der Waals surface area contributed by atoms with Gasteiger partial charge >= 0.3 is 0 Å². The molecule has 0 fully saturated rings. The topological polar surface area (TPSA) is 90.3 Å². The molecule has 1 aliphatic heterocycles. The fourth-order valence-corrected chi connectivity index (χ4v) is 3.10. The zero-order valence-electron chi connectivity index (χ0n) is 10.5. The first-order valence-electron chi connectivity index (χ1n) is 6.06. The number of hydrogen-bond acceptors (Lipinski definition) is 7. The molecule has 1 atom stereocenters. The van der Waals surface area contributed by atoms with Gasteiger partial charge in [-0.25, -0.2) is 15.8 Å². The zero-order chi connectivity index (χ0) is 13.9. The van der Waals surface area contributed by atoms with E-state index in [-0.39, 0.29) is 6.04 Å². The molecule has 2 heterocycles. The molecule has 0 amide bonds. The Morgan fingerprint density at radius 1 is 1.45 bits per heavy atom. The molecule has 7 heteroatoms. The van der Waals surface area contributed by atoms with E-state index in [1.807, 2.05) is 35.2 Å². The first-order valence-corrected chi connectivity index (χ1v) is 6.88. The number of nitrogens with one attached hydrogen (secondary N) is 1. The predicted octanol–water partition coefficient (Wildman–Crippen LogP) is 1.73. The number of nitriles is 1. The Kier molecular flexibility index (Phi) is 3.33. The molecule has 0 saturated carbocycles. The van der Waals surface area contributed by atoms with E-state index in [2.05, 4.69) is 21.5 Å². The summed E-state index contributed by atoms with van der Waals surface area (Å²) in [6.07, 6.45) is 3.87. The molecule has 2 aromatic rings. The van der Waals surface area contributed by atoms with E-state index < -0.39 is 0 Å². The van der Waals surface area contributed by atoms with Crippen LogP contribution in [-0.4, -0.2) is 17.0 Å². The van der Waals surface area contributed by atoms with Gasteiger partial charge in [-0.3, -0.25) is 10.3 Å². The van der Waals surface area contributed by atoms with Crippen LogP contribution in [-0.2, 0) is 0 Å². The van der Waals surface area contributed by atoms with Crippen molar-refractivity contribution in [2.45, 2.75) is 12.5 Å². The molecule has 0 spiro atoms. The summed E-state index contributed by atoms with van der Waals surface area (Å²) in [5, 5.41) is 9.73. The number of aliphatic imine (C=N–C) groups is 1. The summed E-state index contributed by atoms with van der Waals surface area (Å²) in [5.41, 5.74) is 3.49. The van der Waals surface area contributed by atoms with Crippen molar-refractivity contribution in [1.82, 2.24) is 10.4 Å². The normalized spacial score (nSPS) is 17.9. The number of anilines is 1. The van der Waals surface area contributed by atoms with Crippen molar-refractivity contribution in [3.63, 3.8) is 0 Å². The molecule has 0 bridgehead atoms. The molecule has 1 unspecified atom stereocenters. The van der Waals surface area contributed by atoms with Crippen LogP contribution in [0.5, 0.6) is 0 Å². The van der Waals surface area contributed by atoms with Crippen molar-refractivity contribution in [2.24, 2.45) is 10.8 Å². The minimum Gasteiger partial charge on any atom is -0.294 e. The van der Waals surface area contributed by atoms with E-state index in [1.165, 1.54) is 0 Å². The van der Waals surface area contributed by atoms with Crippen LogP contribution in [0, 0.1) is 11.3 Å². The highest BCUT2D eigenvalue weighted by molar-refractivity contribution is 7.22. The second kappa shape index (κ2) is 5.28. The van der Waals surface area contributed by atoms with Gasteiger partial charge in [-0.15, -0.1) is 0 Å². The van der Waals surface area contributed by atoms with Gasteiger partial charge in [0.1, 0.15) is 0 Å². The number of thiazole rings is 1. The fraction of sp³-hybridized carbons (Fsp3) is 0.154. The first-order chi connectivity index (χ1) is 9.83. The van der Waals surface area contributed by atoms with Crippen LogP contribution < -0.4 is 16.2 Å². The maximum absolute atomic E-state index is 8.96. The number of hydrogen-bond donors (Lipinski definition) is 2. The van der Waals surface area contributed by atoms with Crippen molar-refractivity contribution >= 4 is 32.6 Å². The van der Waals surface area contributed by atoms with Crippen LogP contribution in [0.3, 0.4) is 0 Å². The highest BCUT2D eigenvalue weighted by Gasteiger charge is 2.26. The molecule has 1 aliphatic rings. The third kappa shape index (κ3) is 2.11.